The maximum atomic E-state index is 4.30. The zero-order chi connectivity index (χ0) is 13.0. The van der Waals surface area contributed by atoms with E-state index in [1.54, 1.807) is 11.3 Å². The fraction of sp³-hybridized carbons (Fsp3) is 0.500. The molecule has 2 heterocycles. The second-order valence-electron chi connectivity index (χ2n) is 5.00. The summed E-state index contributed by atoms with van der Waals surface area (Å²) in [7, 11) is 0. The number of nitrogens with zero attached hydrogens (tertiary/aromatic N) is 2. The number of nitrogens with one attached hydrogen (secondary N) is 1. The fourth-order valence-corrected chi connectivity index (χ4v) is 2.69. The van der Waals surface area contributed by atoms with Crippen molar-refractivity contribution < 1.29 is 0 Å². The van der Waals surface area contributed by atoms with Crippen LogP contribution in [0.15, 0.2) is 24.5 Å². The number of hydrogen-bond donors (Lipinski definition) is 1. The fourth-order valence-electron chi connectivity index (χ4n) is 1.90. The zero-order valence-corrected chi connectivity index (χ0v) is 12.1. The van der Waals surface area contributed by atoms with Gasteiger partial charge in [0.2, 0.25) is 0 Å². The first-order valence-electron chi connectivity index (χ1n) is 6.41. The van der Waals surface area contributed by atoms with Crippen molar-refractivity contribution in [3.05, 3.63) is 40.1 Å². The van der Waals surface area contributed by atoms with Gasteiger partial charge < -0.3 is 9.88 Å². The molecule has 0 bridgehead atoms. The average molecular weight is 263 g/mol. The minimum absolute atomic E-state index is 0.692. The highest BCUT2D eigenvalue weighted by Gasteiger charge is 2.04. The van der Waals surface area contributed by atoms with Gasteiger partial charge >= 0.3 is 0 Å². The molecule has 0 aliphatic rings. The van der Waals surface area contributed by atoms with Crippen LogP contribution < -0.4 is 5.32 Å². The second-order valence-corrected chi connectivity index (χ2v) is 6.32. The van der Waals surface area contributed by atoms with Crippen LogP contribution in [0.2, 0.25) is 0 Å². The lowest BCUT2D eigenvalue weighted by Crippen LogP contribution is -2.20. The average Bonchev–Trinajstić information content (AvgIpc) is 2.89. The minimum Gasteiger partial charge on any atom is -0.345 e. The molecule has 4 heteroatoms. The van der Waals surface area contributed by atoms with Crippen molar-refractivity contribution in [2.24, 2.45) is 5.92 Å². The van der Waals surface area contributed by atoms with Crippen LogP contribution in [0.1, 0.15) is 29.4 Å². The Kier molecular flexibility index (Phi) is 4.55. The van der Waals surface area contributed by atoms with Gasteiger partial charge in [-0.3, -0.25) is 0 Å². The molecule has 0 aromatic carbocycles. The maximum Gasteiger partial charge on any atom is 0.0897 e. The predicted octanol–water partition coefficient (Wildman–Crippen LogP) is 3.05. The quantitative estimate of drug-likeness (QED) is 0.868. The third kappa shape index (κ3) is 3.68. The molecule has 0 unspecified atom stereocenters. The van der Waals surface area contributed by atoms with Gasteiger partial charge in [0.15, 0.2) is 0 Å². The third-order valence-corrected chi connectivity index (χ3v) is 3.68. The summed E-state index contributed by atoms with van der Waals surface area (Å²) in [6.45, 7) is 9.43. The van der Waals surface area contributed by atoms with Crippen molar-refractivity contribution in [3.63, 3.8) is 0 Å². The first-order chi connectivity index (χ1) is 8.65. The Morgan fingerprint density at radius 1 is 1.44 bits per heavy atom. The SMILES string of the molecule is Cc1ncc(Cn2cccc2CNCC(C)C)s1. The molecule has 1 N–H and O–H groups in total. The van der Waals surface area contributed by atoms with E-state index in [4.69, 9.17) is 0 Å². The molecule has 0 saturated heterocycles. The number of aromatic nitrogens is 2. The summed E-state index contributed by atoms with van der Waals surface area (Å²) in [5, 5.41) is 4.62. The van der Waals surface area contributed by atoms with Gasteiger partial charge in [0, 0.05) is 29.5 Å². The van der Waals surface area contributed by atoms with Crippen LogP contribution in [-0.2, 0) is 13.1 Å². The van der Waals surface area contributed by atoms with Crippen molar-refractivity contribution in [3.8, 4) is 0 Å². The number of hydrogen-bond acceptors (Lipinski definition) is 3. The lowest BCUT2D eigenvalue weighted by atomic mass is 10.2. The van der Waals surface area contributed by atoms with Crippen LogP contribution in [0.3, 0.4) is 0 Å². The molecule has 0 radical (unpaired) electrons. The molecule has 18 heavy (non-hydrogen) atoms. The Balaban J connectivity index is 1.95. The maximum absolute atomic E-state index is 4.30. The molecule has 2 aromatic rings. The monoisotopic (exact) mass is 263 g/mol. The molecular weight excluding hydrogens is 242 g/mol. The van der Waals surface area contributed by atoms with E-state index in [0.717, 1.165) is 24.6 Å². The van der Waals surface area contributed by atoms with E-state index >= 15 is 0 Å². The lowest BCUT2D eigenvalue weighted by molar-refractivity contribution is 0.539. The van der Waals surface area contributed by atoms with Crippen molar-refractivity contribution >= 4 is 11.3 Å². The summed E-state index contributed by atoms with van der Waals surface area (Å²) in [4.78, 5) is 5.62. The molecule has 0 atom stereocenters. The Morgan fingerprint density at radius 3 is 2.94 bits per heavy atom. The molecule has 2 aromatic heterocycles. The van der Waals surface area contributed by atoms with E-state index in [2.05, 4.69) is 54.0 Å². The summed E-state index contributed by atoms with van der Waals surface area (Å²) in [6.07, 6.45) is 4.12. The molecule has 0 fully saturated rings. The molecule has 0 aliphatic heterocycles. The van der Waals surface area contributed by atoms with Crippen LogP contribution in [-0.4, -0.2) is 16.1 Å². The Hall–Kier alpha value is -1.13. The highest BCUT2D eigenvalue weighted by atomic mass is 32.1. The lowest BCUT2D eigenvalue weighted by Gasteiger charge is -2.10. The zero-order valence-electron chi connectivity index (χ0n) is 11.3. The second kappa shape index (κ2) is 6.16. The largest absolute Gasteiger partial charge is 0.345 e. The Morgan fingerprint density at radius 2 is 2.28 bits per heavy atom. The number of thiazole rings is 1. The smallest absolute Gasteiger partial charge is 0.0897 e. The molecule has 0 aliphatic carbocycles. The van der Waals surface area contributed by atoms with Crippen LogP contribution in [0.4, 0.5) is 0 Å². The summed E-state index contributed by atoms with van der Waals surface area (Å²) < 4.78 is 2.29. The molecule has 0 saturated carbocycles. The third-order valence-electron chi connectivity index (χ3n) is 2.78. The first kappa shape index (κ1) is 13.3. The van der Waals surface area contributed by atoms with Crippen LogP contribution in [0, 0.1) is 12.8 Å². The highest BCUT2D eigenvalue weighted by molar-refractivity contribution is 7.11. The van der Waals surface area contributed by atoms with Crippen LogP contribution in [0.25, 0.3) is 0 Å². The Bertz CT molecular complexity index is 485. The Labute approximate surface area is 113 Å². The van der Waals surface area contributed by atoms with Gasteiger partial charge in [-0.25, -0.2) is 4.98 Å². The predicted molar refractivity (Wildman–Crippen MR) is 76.9 cm³/mol. The number of aryl methyl sites for hydroxylation is 1. The van der Waals surface area contributed by atoms with E-state index in [1.807, 2.05) is 6.20 Å². The number of rotatable bonds is 6. The first-order valence-corrected chi connectivity index (χ1v) is 7.23. The van der Waals surface area contributed by atoms with Crippen LogP contribution in [0.5, 0.6) is 0 Å². The topological polar surface area (TPSA) is 29.9 Å². The molecule has 0 spiro atoms. The van der Waals surface area contributed by atoms with Crippen molar-refractivity contribution in [2.75, 3.05) is 6.54 Å². The van der Waals surface area contributed by atoms with E-state index < -0.39 is 0 Å². The van der Waals surface area contributed by atoms with Gasteiger partial charge in [0.05, 0.1) is 11.6 Å². The molecule has 2 rings (SSSR count). The molecule has 0 amide bonds. The molecular formula is C14H21N3S. The van der Waals surface area contributed by atoms with Gasteiger partial charge in [-0.05, 0) is 31.5 Å². The standard InChI is InChI=1S/C14H21N3S/c1-11(2)7-15-8-13-5-4-6-17(13)10-14-9-16-12(3)18-14/h4-6,9,11,15H,7-8,10H2,1-3H3. The van der Waals surface area contributed by atoms with E-state index in [9.17, 15) is 0 Å². The summed E-state index contributed by atoms with van der Waals surface area (Å²) in [5.74, 6) is 0.692. The van der Waals surface area contributed by atoms with Gasteiger partial charge in [-0.15, -0.1) is 11.3 Å². The van der Waals surface area contributed by atoms with Gasteiger partial charge in [0.25, 0.3) is 0 Å². The van der Waals surface area contributed by atoms with Crippen molar-refractivity contribution in [1.29, 1.82) is 0 Å². The summed E-state index contributed by atoms with van der Waals surface area (Å²) in [5.41, 5.74) is 1.33. The highest BCUT2D eigenvalue weighted by Crippen LogP contribution is 2.14. The van der Waals surface area contributed by atoms with Crippen molar-refractivity contribution in [1.82, 2.24) is 14.9 Å². The van der Waals surface area contributed by atoms with E-state index in [-0.39, 0.29) is 0 Å². The normalized spacial score (nSPS) is 11.3. The van der Waals surface area contributed by atoms with Crippen LogP contribution >= 0.6 is 11.3 Å². The molecule has 98 valence electrons. The summed E-state index contributed by atoms with van der Waals surface area (Å²) in [6, 6.07) is 4.29. The minimum atomic E-state index is 0.692. The summed E-state index contributed by atoms with van der Waals surface area (Å²) >= 11 is 1.77. The van der Waals surface area contributed by atoms with Crippen molar-refractivity contribution in [2.45, 2.75) is 33.9 Å². The van der Waals surface area contributed by atoms with Gasteiger partial charge in [0.1, 0.15) is 0 Å². The van der Waals surface area contributed by atoms with E-state index in [0.29, 0.717) is 5.92 Å². The van der Waals surface area contributed by atoms with Gasteiger partial charge in [-0.2, -0.15) is 0 Å². The molecule has 3 nitrogen and oxygen atoms in total. The van der Waals surface area contributed by atoms with Gasteiger partial charge in [-0.1, -0.05) is 13.8 Å². The van der Waals surface area contributed by atoms with E-state index in [1.165, 1.54) is 10.6 Å².